The Bertz CT molecular complexity index is 914. The lowest BCUT2D eigenvalue weighted by atomic mass is 10.1. The van der Waals surface area contributed by atoms with Gasteiger partial charge in [-0.05, 0) is 25.8 Å². The van der Waals surface area contributed by atoms with Crippen molar-refractivity contribution in [3.63, 3.8) is 0 Å². The standard InChI is InChI=1S/C22H30F3N5O2S/c1-3-30-20(18-8-5-4-7-17(18)2)26-27-21(30)33-15-19(31)29-12-10-28(11-13-29)9-6-14-32-16-22(23,24)25/h4-5,7-8H,3,6,9-16H2,1-2H3. The minimum Gasteiger partial charge on any atom is -0.372 e. The van der Waals surface area contributed by atoms with Gasteiger partial charge in [0.15, 0.2) is 11.0 Å². The first-order chi connectivity index (χ1) is 15.8. The van der Waals surface area contributed by atoms with Crippen molar-refractivity contribution >= 4 is 17.7 Å². The molecule has 1 saturated heterocycles. The van der Waals surface area contributed by atoms with Crippen molar-refractivity contribution < 1.29 is 22.7 Å². The van der Waals surface area contributed by atoms with Gasteiger partial charge in [-0.15, -0.1) is 10.2 Å². The first-order valence-electron chi connectivity index (χ1n) is 11.0. The number of amides is 1. The van der Waals surface area contributed by atoms with Gasteiger partial charge >= 0.3 is 6.18 Å². The van der Waals surface area contributed by atoms with E-state index in [1.165, 1.54) is 11.8 Å². The molecule has 1 aromatic carbocycles. The van der Waals surface area contributed by atoms with Gasteiger partial charge in [0, 0.05) is 51.4 Å². The van der Waals surface area contributed by atoms with Crippen LogP contribution in [-0.4, -0.2) is 88.3 Å². The molecule has 1 aliphatic rings. The Labute approximate surface area is 196 Å². The summed E-state index contributed by atoms with van der Waals surface area (Å²) in [6, 6.07) is 8.02. The van der Waals surface area contributed by atoms with Crippen LogP contribution in [0.5, 0.6) is 0 Å². The summed E-state index contributed by atoms with van der Waals surface area (Å²) in [5.74, 6) is 1.15. The molecule has 0 radical (unpaired) electrons. The highest BCUT2D eigenvalue weighted by molar-refractivity contribution is 7.99. The molecule has 3 rings (SSSR count). The smallest absolute Gasteiger partial charge is 0.372 e. The van der Waals surface area contributed by atoms with E-state index in [2.05, 4.69) is 19.8 Å². The molecule has 0 saturated carbocycles. The lowest BCUT2D eigenvalue weighted by Gasteiger charge is -2.34. The largest absolute Gasteiger partial charge is 0.411 e. The number of carbonyl (C=O) groups excluding carboxylic acids is 1. The van der Waals surface area contributed by atoms with Gasteiger partial charge < -0.3 is 14.2 Å². The Hall–Kier alpha value is -2.11. The van der Waals surface area contributed by atoms with Crippen LogP contribution in [0.3, 0.4) is 0 Å². The highest BCUT2D eigenvalue weighted by Crippen LogP contribution is 2.26. The predicted octanol–water partition coefficient (Wildman–Crippen LogP) is 3.48. The molecular weight excluding hydrogens is 455 g/mol. The fourth-order valence-corrected chi connectivity index (χ4v) is 4.63. The summed E-state index contributed by atoms with van der Waals surface area (Å²) in [6.45, 7) is 6.95. The van der Waals surface area contributed by atoms with Crippen LogP contribution in [0.2, 0.25) is 0 Å². The number of aryl methyl sites for hydroxylation is 1. The summed E-state index contributed by atoms with van der Waals surface area (Å²) in [4.78, 5) is 16.7. The zero-order valence-electron chi connectivity index (χ0n) is 19.0. The van der Waals surface area contributed by atoms with Crippen molar-refractivity contribution in [3.8, 4) is 11.4 Å². The van der Waals surface area contributed by atoms with E-state index in [9.17, 15) is 18.0 Å². The van der Waals surface area contributed by atoms with E-state index in [4.69, 9.17) is 0 Å². The monoisotopic (exact) mass is 485 g/mol. The molecule has 0 atom stereocenters. The minimum absolute atomic E-state index is 0.0521. The first-order valence-corrected chi connectivity index (χ1v) is 12.0. The van der Waals surface area contributed by atoms with E-state index in [-0.39, 0.29) is 18.3 Å². The molecule has 1 aliphatic heterocycles. The van der Waals surface area contributed by atoms with Gasteiger partial charge in [0.2, 0.25) is 5.91 Å². The van der Waals surface area contributed by atoms with E-state index in [0.29, 0.717) is 45.7 Å². The average molecular weight is 486 g/mol. The number of alkyl halides is 3. The molecule has 0 N–H and O–H groups in total. The van der Waals surface area contributed by atoms with Crippen LogP contribution in [0.25, 0.3) is 11.4 Å². The number of aromatic nitrogens is 3. The number of halogens is 3. The summed E-state index contributed by atoms with van der Waals surface area (Å²) in [7, 11) is 0. The van der Waals surface area contributed by atoms with Crippen LogP contribution in [0, 0.1) is 6.92 Å². The first kappa shape index (κ1) is 25.5. The SMILES string of the molecule is CCn1c(SCC(=O)N2CCN(CCCOCC(F)(F)F)CC2)nnc1-c1ccccc1C. The van der Waals surface area contributed by atoms with E-state index < -0.39 is 12.8 Å². The van der Waals surface area contributed by atoms with Crippen LogP contribution in [0.4, 0.5) is 13.2 Å². The molecule has 11 heteroatoms. The number of thioether (sulfide) groups is 1. The van der Waals surface area contributed by atoms with Crippen molar-refractivity contribution in [1.82, 2.24) is 24.6 Å². The second-order valence-electron chi connectivity index (χ2n) is 7.90. The number of rotatable bonds is 10. The molecule has 2 heterocycles. The Morgan fingerprint density at radius 1 is 1.15 bits per heavy atom. The van der Waals surface area contributed by atoms with Crippen molar-refractivity contribution in [1.29, 1.82) is 0 Å². The third-order valence-electron chi connectivity index (χ3n) is 5.50. The molecule has 7 nitrogen and oxygen atoms in total. The van der Waals surface area contributed by atoms with Crippen molar-refractivity contribution in [2.24, 2.45) is 0 Å². The van der Waals surface area contributed by atoms with Gasteiger partial charge in [-0.3, -0.25) is 9.69 Å². The van der Waals surface area contributed by atoms with Crippen LogP contribution in [0.15, 0.2) is 29.4 Å². The van der Waals surface area contributed by atoms with Gasteiger partial charge in [-0.25, -0.2) is 0 Å². The number of ether oxygens (including phenoxy) is 1. The lowest BCUT2D eigenvalue weighted by Crippen LogP contribution is -2.49. The molecule has 2 aromatic rings. The second-order valence-corrected chi connectivity index (χ2v) is 8.84. The normalized spacial score (nSPS) is 15.2. The Morgan fingerprint density at radius 3 is 2.55 bits per heavy atom. The quantitative estimate of drug-likeness (QED) is 0.379. The fourth-order valence-electron chi connectivity index (χ4n) is 3.72. The second kappa shape index (κ2) is 11.8. The molecular formula is C22H30F3N5O2S. The summed E-state index contributed by atoms with van der Waals surface area (Å²) < 4.78 is 42.9. The van der Waals surface area contributed by atoms with Crippen molar-refractivity contribution in [2.75, 3.05) is 51.7 Å². The topological polar surface area (TPSA) is 63.5 Å². The molecule has 182 valence electrons. The van der Waals surface area contributed by atoms with Crippen LogP contribution in [0.1, 0.15) is 18.9 Å². The van der Waals surface area contributed by atoms with Crippen molar-refractivity contribution in [3.05, 3.63) is 29.8 Å². The van der Waals surface area contributed by atoms with Gasteiger partial charge in [0.25, 0.3) is 0 Å². The van der Waals surface area contributed by atoms with Gasteiger partial charge in [-0.1, -0.05) is 36.0 Å². The third kappa shape index (κ3) is 7.44. The zero-order chi connectivity index (χ0) is 23.8. The summed E-state index contributed by atoms with van der Waals surface area (Å²) in [6.07, 6.45) is -3.74. The molecule has 0 unspecified atom stereocenters. The summed E-state index contributed by atoms with van der Waals surface area (Å²) in [5, 5.41) is 9.40. The Morgan fingerprint density at radius 2 is 1.88 bits per heavy atom. The maximum Gasteiger partial charge on any atom is 0.411 e. The third-order valence-corrected chi connectivity index (χ3v) is 6.45. The zero-order valence-corrected chi connectivity index (χ0v) is 19.8. The lowest BCUT2D eigenvalue weighted by molar-refractivity contribution is -0.174. The Kier molecular flexibility index (Phi) is 9.16. The molecule has 0 spiro atoms. The summed E-state index contributed by atoms with van der Waals surface area (Å²) in [5.41, 5.74) is 2.15. The van der Waals surface area contributed by atoms with Crippen LogP contribution >= 0.6 is 11.8 Å². The van der Waals surface area contributed by atoms with E-state index in [1.807, 2.05) is 47.6 Å². The van der Waals surface area contributed by atoms with E-state index >= 15 is 0 Å². The predicted molar refractivity (Wildman–Crippen MR) is 121 cm³/mol. The number of hydrogen-bond acceptors (Lipinski definition) is 6. The van der Waals surface area contributed by atoms with E-state index in [1.54, 1.807) is 0 Å². The van der Waals surface area contributed by atoms with E-state index in [0.717, 1.165) is 22.1 Å². The number of piperazine rings is 1. The molecule has 0 bridgehead atoms. The van der Waals surface area contributed by atoms with Crippen LogP contribution in [-0.2, 0) is 16.1 Å². The molecule has 1 fully saturated rings. The number of carbonyl (C=O) groups is 1. The number of nitrogens with zero attached hydrogens (tertiary/aromatic N) is 5. The summed E-state index contributed by atoms with van der Waals surface area (Å²) >= 11 is 1.39. The maximum absolute atomic E-state index is 12.7. The minimum atomic E-state index is -4.28. The highest BCUT2D eigenvalue weighted by Gasteiger charge is 2.27. The van der Waals surface area contributed by atoms with Crippen molar-refractivity contribution in [2.45, 2.75) is 38.1 Å². The molecule has 1 aromatic heterocycles. The molecule has 33 heavy (non-hydrogen) atoms. The maximum atomic E-state index is 12.7. The number of hydrogen-bond donors (Lipinski definition) is 0. The Balaban J connectivity index is 1.43. The fraction of sp³-hybridized carbons (Fsp3) is 0.591. The number of benzene rings is 1. The van der Waals surface area contributed by atoms with Crippen LogP contribution < -0.4 is 0 Å². The van der Waals surface area contributed by atoms with Gasteiger partial charge in [0.1, 0.15) is 6.61 Å². The molecule has 1 amide bonds. The molecule has 0 aliphatic carbocycles. The average Bonchev–Trinajstić information content (AvgIpc) is 3.20. The highest BCUT2D eigenvalue weighted by atomic mass is 32.2. The van der Waals surface area contributed by atoms with Gasteiger partial charge in [0.05, 0.1) is 5.75 Å². The van der Waals surface area contributed by atoms with Gasteiger partial charge in [-0.2, -0.15) is 13.2 Å².